The Labute approximate surface area is 152 Å². The van der Waals surface area contributed by atoms with Gasteiger partial charge in [-0.05, 0) is 49.7 Å². The number of carbonyl (C=O) groups is 1. The Balaban J connectivity index is 1.73. The highest BCUT2D eigenvalue weighted by atomic mass is 16.5. The third-order valence-corrected chi connectivity index (χ3v) is 4.70. The van der Waals surface area contributed by atoms with Gasteiger partial charge in [0.25, 0.3) is 11.5 Å². The second-order valence-corrected chi connectivity index (χ2v) is 6.40. The molecule has 1 aromatic heterocycles. The van der Waals surface area contributed by atoms with Crippen LogP contribution in [0.25, 0.3) is 0 Å². The van der Waals surface area contributed by atoms with Gasteiger partial charge in [-0.25, -0.2) is 5.10 Å². The normalized spacial score (nSPS) is 16.0. The molecule has 1 unspecified atom stereocenters. The van der Waals surface area contributed by atoms with E-state index in [0.717, 1.165) is 24.4 Å². The SMILES string of the molecule is COc1ccc(C(CNC(=O)c2ccc(=O)[nH]n2)N2CCCCC2)cc1. The summed E-state index contributed by atoms with van der Waals surface area (Å²) < 4.78 is 5.24. The molecule has 0 aliphatic carbocycles. The van der Waals surface area contributed by atoms with Crippen molar-refractivity contribution in [1.82, 2.24) is 20.4 Å². The Kier molecular flexibility index (Phi) is 6.01. The molecule has 2 N–H and O–H groups in total. The van der Waals surface area contributed by atoms with Crippen molar-refractivity contribution in [3.05, 3.63) is 58.0 Å². The smallest absolute Gasteiger partial charge is 0.271 e. The van der Waals surface area contributed by atoms with Crippen LogP contribution in [0.4, 0.5) is 0 Å². The predicted molar refractivity (Wildman–Crippen MR) is 98.3 cm³/mol. The van der Waals surface area contributed by atoms with E-state index >= 15 is 0 Å². The molecule has 2 aromatic rings. The molecule has 7 nitrogen and oxygen atoms in total. The summed E-state index contributed by atoms with van der Waals surface area (Å²) >= 11 is 0. The number of likely N-dealkylation sites (tertiary alicyclic amines) is 1. The number of aromatic amines is 1. The van der Waals surface area contributed by atoms with Gasteiger partial charge >= 0.3 is 0 Å². The van der Waals surface area contributed by atoms with Gasteiger partial charge in [0, 0.05) is 12.6 Å². The highest BCUT2D eigenvalue weighted by Gasteiger charge is 2.23. The second kappa shape index (κ2) is 8.62. The molecule has 0 spiro atoms. The van der Waals surface area contributed by atoms with Gasteiger partial charge in [-0.1, -0.05) is 18.6 Å². The Hall–Kier alpha value is -2.67. The number of carbonyl (C=O) groups excluding carboxylic acids is 1. The summed E-state index contributed by atoms with van der Waals surface area (Å²) in [7, 11) is 1.65. The molecule has 0 bridgehead atoms. The summed E-state index contributed by atoms with van der Waals surface area (Å²) in [6.07, 6.45) is 3.59. The molecule has 0 radical (unpaired) electrons. The van der Waals surface area contributed by atoms with Gasteiger partial charge in [-0.15, -0.1) is 0 Å². The van der Waals surface area contributed by atoms with E-state index in [1.807, 2.05) is 24.3 Å². The number of piperidine rings is 1. The molecule has 1 amide bonds. The van der Waals surface area contributed by atoms with E-state index in [2.05, 4.69) is 20.4 Å². The number of methoxy groups -OCH3 is 1. The Morgan fingerprint density at radius 1 is 1.19 bits per heavy atom. The predicted octanol–water partition coefficient (Wildman–Crippen LogP) is 1.74. The summed E-state index contributed by atoms with van der Waals surface area (Å²) in [6.45, 7) is 2.51. The van der Waals surface area contributed by atoms with Crippen LogP contribution in [0.1, 0.15) is 41.4 Å². The van der Waals surface area contributed by atoms with Crippen LogP contribution in [0.5, 0.6) is 5.75 Å². The first-order valence-electron chi connectivity index (χ1n) is 8.89. The molecule has 0 saturated carbocycles. The van der Waals surface area contributed by atoms with Crippen molar-refractivity contribution in [2.24, 2.45) is 0 Å². The fraction of sp³-hybridized carbons (Fsp3) is 0.421. The van der Waals surface area contributed by atoms with E-state index in [1.54, 1.807) is 7.11 Å². The minimum Gasteiger partial charge on any atom is -0.497 e. The molecule has 1 aromatic carbocycles. The molecule has 1 atom stereocenters. The Morgan fingerprint density at radius 2 is 1.92 bits per heavy atom. The lowest BCUT2D eigenvalue weighted by Crippen LogP contribution is -2.40. The van der Waals surface area contributed by atoms with Crippen LogP contribution >= 0.6 is 0 Å². The summed E-state index contributed by atoms with van der Waals surface area (Å²) in [5.74, 6) is 0.518. The molecule has 1 fully saturated rings. The van der Waals surface area contributed by atoms with Gasteiger partial charge < -0.3 is 10.1 Å². The van der Waals surface area contributed by atoms with E-state index in [4.69, 9.17) is 4.74 Å². The van der Waals surface area contributed by atoms with Crippen LogP contribution in [0.2, 0.25) is 0 Å². The number of ether oxygens (including phenoxy) is 1. The summed E-state index contributed by atoms with van der Waals surface area (Å²) in [6, 6.07) is 10.8. The van der Waals surface area contributed by atoms with E-state index in [0.29, 0.717) is 6.54 Å². The maximum absolute atomic E-state index is 12.3. The van der Waals surface area contributed by atoms with Gasteiger partial charge in [-0.2, -0.15) is 5.10 Å². The van der Waals surface area contributed by atoms with E-state index in [1.165, 1.54) is 31.4 Å². The average molecular weight is 356 g/mol. The zero-order valence-electron chi connectivity index (χ0n) is 14.9. The van der Waals surface area contributed by atoms with Crippen molar-refractivity contribution in [3.63, 3.8) is 0 Å². The Morgan fingerprint density at radius 3 is 2.54 bits per heavy atom. The zero-order valence-corrected chi connectivity index (χ0v) is 14.9. The molecular weight excluding hydrogens is 332 g/mol. The largest absolute Gasteiger partial charge is 0.497 e. The zero-order chi connectivity index (χ0) is 18.4. The second-order valence-electron chi connectivity index (χ2n) is 6.40. The number of nitrogens with zero attached hydrogens (tertiary/aromatic N) is 2. The number of amides is 1. The first-order valence-corrected chi connectivity index (χ1v) is 8.89. The van der Waals surface area contributed by atoms with Crippen molar-refractivity contribution in [3.8, 4) is 5.75 Å². The van der Waals surface area contributed by atoms with Crippen LogP contribution in [0.3, 0.4) is 0 Å². The van der Waals surface area contributed by atoms with Gasteiger partial charge in [0.05, 0.1) is 13.2 Å². The van der Waals surface area contributed by atoms with Crippen molar-refractivity contribution >= 4 is 5.91 Å². The van der Waals surface area contributed by atoms with Crippen molar-refractivity contribution in [2.75, 3.05) is 26.7 Å². The summed E-state index contributed by atoms with van der Waals surface area (Å²) in [5.41, 5.74) is 1.02. The first-order chi connectivity index (χ1) is 12.7. The number of aromatic nitrogens is 2. The fourth-order valence-electron chi connectivity index (χ4n) is 3.26. The molecule has 2 heterocycles. The van der Waals surface area contributed by atoms with E-state index < -0.39 is 0 Å². The number of H-pyrrole nitrogens is 1. The van der Waals surface area contributed by atoms with Crippen molar-refractivity contribution < 1.29 is 9.53 Å². The van der Waals surface area contributed by atoms with Crippen molar-refractivity contribution in [1.29, 1.82) is 0 Å². The molecule has 138 valence electrons. The topological polar surface area (TPSA) is 87.3 Å². The third-order valence-electron chi connectivity index (χ3n) is 4.70. The molecule has 26 heavy (non-hydrogen) atoms. The molecule has 1 aliphatic heterocycles. The van der Waals surface area contributed by atoms with Gasteiger partial charge in [0.1, 0.15) is 11.4 Å². The van der Waals surface area contributed by atoms with Gasteiger partial charge in [0.2, 0.25) is 0 Å². The number of benzene rings is 1. The maximum Gasteiger partial charge on any atom is 0.271 e. The number of nitrogens with one attached hydrogen (secondary N) is 2. The van der Waals surface area contributed by atoms with Gasteiger partial charge in [0.15, 0.2) is 0 Å². The third kappa shape index (κ3) is 4.49. The van der Waals surface area contributed by atoms with Crippen LogP contribution in [0.15, 0.2) is 41.2 Å². The minimum absolute atomic E-state index is 0.0907. The van der Waals surface area contributed by atoms with Crippen LogP contribution in [0, 0.1) is 0 Å². The highest BCUT2D eigenvalue weighted by molar-refractivity contribution is 5.91. The van der Waals surface area contributed by atoms with Crippen LogP contribution < -0.4 is 15.6 Å². The molecular formula is C19H24N4O3. The monoisotopic (exact) mass is 356 g/mol. The summed E-state index contributed by atoms with van der Waals surface area (Å²) in [4.78, 5) is 25.8. The van der Waals surface area contributed by atoms with E-state index in [-0.39, 0.29) is 23.2 Å². The molecule has 7 heteroatoms. The molecule has 1 aliphatic rings. The number of hydrogen-bond acceptors (Lipinski definition) is 5. The Bertz CT molecular complexity index is 762. The highest BCUT2D eigenvalue weighted by Crippen LogP contribution is 2.25. The number of hydrogen-bond donors (Lipinski definition) is 2. The lowest BCUT2D eigenvalue weighted by Gasteiger charge is -2.35. The fourth-order valence-corrected chi connectivity index (χ4v) is 3.26. The maximum atomic E-state index is 12.3. The quantitative estimate of drug-likeness (QED) is 0.823. The van der Waals surface area contributed by atoms with E-state index in [9.17, 15) is 9.59 Å². The standard InChI is InChI=1S/C19H24N4O3/c1-26-15-7-5-14(6-8-15)17(23-11-3-2-4-12-23)13-20-19(25)16-9-10-18(24)22-21-16/h5-10,17H,2-4,11-13H2,1H3,(H,20,25)(H,22,24). The number of rotatable bonds is 6. The van der Waals surface area contributed by atoms with Crippen LogP contribution in [-0.4, -0.2) is 47.7 Å². The lowest BCUT2D eigenvalue weighted by molar-refractivity contribution is 0.0918. The summed E-state index contributed by atoms with van der Waals surface area (Å²) in [5, 5.41) is 9.02. The first kappa shape index (κ1) is 18.1. The van der Waals surface area contributed by atoms with Gasteiger partial charge in [-0.3, -0.25) is 14.5 Å². The van der Waals surface area contributed by atoms with Crippen molar-refractivity contribution in [2.45, 2.75) is 25.3 Å². The van der Waals surface area contributed by atoms with Crippen LogP contribution in [-0.2, 0) is 0 Å². The molecule has 1 saturated heterocycles. The lowest BCUT2D eigenvalue weighted by atomic mass is 10.0. The molecule has 3 rings (SSSR count). The average Bonchev–Trinajstić information content (AvgIpc) is 2.70. The minimum atomic E-state index is -0.328.